The predicted molar refractivity (Wildman–Crippen MR) is 64.1 cm³/mol. The van der Waals surface area contributed by atoms with E-state index in [1.54, 1.807) is 7.11 Å². The fraction of sp³-hybridized carbons (Fsp3) is 0.917. The van der Waals surface area contributed by atoms with Crippen molar-refractivity contribution < 1.29 is 9.53 Å². The minimum absolute atomic E-state index is 0.0403. The van der Waals surface area contributed by atoms with Crippen LogP contribution in [0.5, 0.6) is 0 Å². The van der Waals surface area contributed by atoms with E-state index in [0.717, 1.165) is 12.8 Å². The zero-order chi connectivity index (χ0) is 12.0. The summed E-state index contributed by atoms with van der Waals surface area (Å²) in [7, 11) is 1.62. The predicted octanol–water partition coefficient (Wildman–Crippen LogP) is 1.19. The third-order valence-corrected chi connectivity index (χ3v) is 3.35. The van der Waals surface area contributed by atoms with Crippen LogP contribution in [0.2, 0.25) is 0 Å². The van der Waals surface area contributed by atoms with E-state index in [1.807, 2.05) is 0 Å². The fourth-order valence-electron chi connectivity index (χ4n) is 2.22. The first kappa shape index (κ1) is 13.5. The van der Waals surface area contributed by atoms with Crippen LogP contribution in [-0.4, -0.2) is 31.2 Å². The molecule has 1 aliphatic carbocycles. The first-order valence-electron chi connectivity index (χ1n) is 6.14. The highest BCUT2D eigenvalue weighted by Crippen LogP contribution is 2.27. The Balaban J connectivity index is 2.36. The highest BCUT2D eigenvalue weighted by molar-refractivity contribution is 5.82. The van der Waals surface area contributed by atoms with Gasteiger partial charge in [0, 0.05) is 19.3 Å². The second-order valence-corrected chi connectivity index (χ2v) is 5.00. The van der Waals surface area contributed by atoms with Crippen LogP contribution in [0.4, 0.5) is 0 Å². The summed E-state index contributed by atoms with van der Waals surface area (Å²) >= 11 is 0. The molecule has 0 aromatic rings. The lowest BCUT2D eigenvalue weighted by Gasteiger charge is -2.35. The summed E-state index contributed by atoms with van der Waals surface area (Å²) in [6.45, 7) is 2.65. The molecule has 0 bridgehead atoms. The second kappa shape index (κ2) is 6.21. The molecule has 1 unspecified atom stereocenters. The van der Waals surface area contributed by atoms with Gasteiger partial charge in [-0.15, -0.1) is 0 Å². The van der Waals surface area contributed by atoms with Crippen LogP contribution in [0.3, 0.4) is 0 Å². The number of methoxy groups -OCH3 is 1. The van der Waals surface area contributed by atoms with Crippen LogP contribution in [-0.2, 0) is 9.53 Å². The Kier molecular flexibility index (Phi) is 5.22. The van der Waals surface area contributed by atoms with E-state index in [-0.39, 0.29) is 11.4 Å². The maximum Gasteiger partial charge on any atom is 0.237 e. The van der Waals surface area contributed by atoms with Gasteiger partial charge in [0.05, 0.1) is 6.04 Å². The normalized spacial score (nSPS) is 21.4. The average Bonchev–Trinajstić information content (AvgIpc) is 2.26. The lowest BCUT2D eigenvalue weighted by molar-refractivity contribution is -0.124. The van der Waals surface area contributed by atoms with Gasteiger partial charge in [0.1, 0.15) is 0 Å². The third kappa shape index (κ3) is 4.10. The zero-order valence-electron chi connectivity index (χ0n) is 10.4. The molecule has 0 radical (unpaired) electrons. The van der Waals surface area contributed by atoms with Gasteiger partial charge < -0.3 is 15.8 Å². The van der Waals surface area contributed by atoms with Gasteiger partial charge >= 0.3 is 0 Å². The summed E-state index contributed by atoms with van der Waals surface area (Å²) in [6.07, 6.45) is 6.39. The number of amides is 1. The molecule has 94 valence electrons. The first-order valence-corrected chi connectivity index (χ1v) is 6.14. The highest BCUT2D eigenvalue weighted by Gasteiger charge is 2.29. The summed E-state index contributed by atoms with van der Waals surface area (Å²) in [5.74, 6) is -0.0403. The number of rotatable bonds is 5. The van der Waals surface area contributed by atoms with E-state index in [1.165, 1.54) is 19.3 Å². The molecule has 0 heterocycles. The molecule has 1 aliphatic rings. The topological polar surface area (TPSA) is 64.3 Å². The van der Waals surface area contributed by atoms with Crippen molar-refractivity contribution in [1.82, 2.24) is 5.32 Å². The molecule has 0 saturated heterocycles. The molecular weight excluding hydrogens is 204 g/mol. The van der Waals surface area contributed by atoms with E-state index in [9.17, 15) is 4.79 Å². The van der Waals surface area contributed by atoms with Gasteiger partial charge in [-0.2, -0.15) is 0 Å². The molecule has 0 spiro atoms. The van der Waals surface area contributed by atoms with Gasteiger partial charge in [0.2, 0.25) is 5.91 Å². The van der Waals surface area contributed by atoms with Gasteiger partial charge in [-0.3, -0.25) is 4.79 Å². The minimum atomic E-state index is -0.446. The van der Waals surface area contributed by atoms with Crippen molar-refractivity contribution in [3.63, 3.8) is 0 Å². The summed E-state index contributed by atoms with van der Waals surface area (Å²) in [4.78, 5) is 11.8. The minimum Gasteiger partial charge on any atom is -0.385 e. The molecule has 1 saturated carbocycles. The smallest absolute Gasteiger partial charge is 0.237 e. The molecule has 1 amide bonds. The van der Waals surface area contributed by atoms with Gasteiger partial charge in [-0.05, 0) is 26.2 Å². The number of hydrogen-bond donors (Lipinski definition) is 2. The SMILES string of the molecule is COCCC(N)C(=O)NC1(C)CCCCC1. The molecule has 0 aliphatic heterocycles. The second-order valence-electron chi connectivity index (χ2n) is 5.00. The molecule has 1 atom stereocenters. The Morgan fingerprint density at radius 3 is 2.62 bits per heavy atom. The first-order chi connectivity index (χ1) is 7.57. The molecule has 4 heteroatoms. The number of carbonyl (C=O) groups is 1. The molecule has 1 fully saturated rings. The van der Waals surface area contributed by atoms with Gasteiger partial charge in [-0.25, -0.2) is 0 Å². The molecule has 0 aromatic heterocycles. The zero-order valence-corrected chi connectivity index (χ0v) is 10.4. The monoisotopic (exact) mass is 228 g/mol. The molecule has 4 nitrogen and oxygen atoms in total. The molecule has 3 N–H and O–H groups in total. The van der Waals surface area contributed by atoms with Crippen LogP contribution in [0, 0.1) is 0 Å². The third-order valence-electron chi connectivity index (χ3n) is 3.35. The lowest BCUT2D eigenvalue weighted by atomic mass is 9.83. The highest BCUT2D eigenvalue weighted by atomic mass is 16.5. The van der Waals surface area contributed by atoms with Crippen LogP contribution in [0.1, 0.15) is 45.4 Å². The van der Waals surface area contributed by atoms with Gasteiger partial charge in [0.25, 0.3) is 0 Å². The molecular formula is C12H24N2O2. The number of hydrogen-bond acceptors (Lipinski definition) is 3. The Morgan fingerprint density at radius 1 is 1.44 bits per heavy atom. The maximum absolute atomic E-state index is 11.8. The van der Waals surface area contributed by atoms with Crippen LogP contribution < -0.4 is 11.1 Å². The molecule has 16 heavy (non-hydrogen) atoms. The molecule has 0 aromatic carbocycles. The average molecular weight is 228 g/mol. The van der Waals surface area contributed by atoms with E-state index in [0.29, 0.717) is 13.0 Å². The fourth-order valence-corrected chi connectivity index (χ4v) is 2.22. The van der Waals surface area contributed by atoms with Gasteiger partial charge in [-0.1, -0.05) is 19.3 Å². The van der Waals surface area contributed by atoms with Crippen molar-refractivity contribution in [2.45, 2.75) is 57.0 Å². The Hall–Kier alpha value is -0.610. The summed E-state index contributed by atoms with van der Waals surface area (Å²) in [6, 6.07) is -0.446. The number of ether oxygens (including phenoxy) is 1. The van der Waals surface area contributed by atoms with E-state index >= 15 is 0 Å². The van der Waals surface area contributed by atoms with E-state index < -0.39 is 6.04 Å². The Labute approximate surface area is 97.9 Å². The van der Waals surface area contributed by atoms with Crippen LogP contribution in [0.25, 0.3) is 0 Å². The van der Waals surface area contributed by atoms with Crippen LogP contribution in [0.15, 0.2) is 0 Å². The van der Waals surface area contributed by atoms with Crippen molar-refractivity contribution in [2.24, 2.45) is 5.73 Å². The summed E-state index contributed by atoms with van der Waals surface area (Å²) < 4.78 is 4.92. The van der Waals surface area contributed by atoms with Crippen molar-refractivity contribution in [3.8, 4) is 0 Å². The van der Waals surface area contributed by atoms with Gasteiger partial charge in [0.15, 0.2) is 0 Å². The summed E-state index contributed by atoms with van der Waals surface area (Å²) in [5, 5.41) is 3.08. The Morgan fingerprint density at radius 2 is 2.06 bits per heavy atom. The summed E-state index contributed by atoms with van der Waals surface area (Å²) in [5.41, 5.74) is 5.75. The molecule has 1 rings (SSSR count). The van der Waals surface area contributed by atoms with Crippen LogP contribution >= 0.6 is 0 Å². The Bertz CT molecular complexity index is 225. The van der Waals surface area contributed by atoms with Crippen molar-refractivity contribution >= 4 is 5.91 Å². The standard InChI is InChI=1S/C12H24N2O2/c1-12(7-4-3-5-8-12)14-11(15)10(13)6-9-16-2/h10H,3-9,13H2,1-2H3,(H,14,15). The van der Waals surface area contributed by atoms with Crippen molar-refractivity contribution in [3.05, 3.63) is 0 Å². The van der Waals surface area contributed by atoms with E-state index in [4.69, 9.17) is 10.5 Å². The quantitative estimate of drug-likeness (QED) is 0.743. The van der Waals surface area contributed by atoms with Crippen molar-refractivity contribution in [1.29, 1.82) is 0 Å². The largest absolute Gasteiger partial charge is 0.385 e. The number of carbonyl (C=O) groups excluding carboxylic acids is 1. The van der Waals surface area contributed by atoms with E-state index in [2.05, 4.69) is 12.2 Å². The lowest BCUT2D eigenvalue weighted by Crippen LogP contribution is -2.53. The van der Waals surface area contributed by atoms with Crippen molar-refractivity contribution in [2.75, 3.05) is 13.7 Å². The maximum atomic E-state index is 11.8. The number of nitrogens with two attached hydrogens (primary N) is 1. The number of nitrogens with one attached hydrogen (secondary N) is 1.